The molecule has 0 aliphatic rings. The number of rotatable bonds is 4. The van der Waals surface area contributed by atoms with E-state index in [2.05, 4.69) is 44.2 Å². The molecular formula is C20H29N3O. The molecule has 1 N–H and O–H groups in total. The predicted octanol–water partition coefficient (Wildman–Crippen LogP) is 4.83. The van der Waals surface area contributed by atoms with Crippen molar-refractivity contribution in [1.82, 2.24) is 9.78 Å². The quantitative estimate of drug-likeness (QED) is 0.874. The van der Waals surface area contributed by atoms with Crippen molar-refractivity contribution < 1.29 is 4.79 Å². The number of aryl methyl sites for hydroxylation is 2. The number of hydrogen-bond acceptors (Lipinski definition) is 2. The summed E-state index contributed by atoms with van der Waals surface area (Å²) in [5.41, 5.74) is 4.61. The first-order valence-electron chi connectivity index (χ1n) is 8.50. The van der Waals surface area contributed by atoms with Crippen molar-refractivity contribution in [3.8, 4) is 0 Å². The lowest BCUT2D eigenvalue weighted by Crippen LogP contribution is -2.17. The van der Waals surface area contributed by atoms with Crippen LogP contribution in [0.1, 0.15) is 67.3 Å². The molecule has 1 heterocycles. The summed E-state index contributed by atoms with van der Waals surface area (Å²) >= 11 is 0. The van der Waals surface area contributed by atoms with Gasteiger partial charge in [0.25, 0.3) is 5.91 Å². The molecule has 0 spiro atoms. The molecule has 1 amide bonds. The van der Waals surface area contributed by atoms with Gasteiger partial charge in [0, 0.05) is 18.4 Å². The van der Waals surface area contributed by atoms with Gasteiger partial charge in [-0.25, -0.2) is 0 Å². The predicted molar refractivity (Wildman–Crippen MR) is 99.6 cm³/mol. The van der Waals surface area contributed by atoms with Crippen LogP contribution in [0.5, 0.6) is 0 Å². The van der Waals surface area contributed by atoms with Crippen LogP contribution in [0.25, 0.3) is 0 Å². The molecule has 0 aliphatic carbocycles. The van der Waals surface area contributed by atoms with Crippen LogP contribution in [-0.2, 0) is 7.05 Å². The molecule has 0 saturated carbocycles. The minimum Gasteiger partial charge on any atom is -0.322 e. The zero-order chi connectivity index (χ0) is 18.1. The number of nitrogens with one attached hydrogen (secondary N) is 1. The Kier molecular flexibility index (Phi) is 5.16. The van der Waals surface area contributed by atoms with Gasteiger partial charge >= 0.3 is 0 Å². The third-order valence-corrected chi connectivity index (χ3v) is 4.39. The van der Waals surface area contributed by atoms with Crippen LogP contribution in [0.2, 0.25) is 0 Å². The third-order valence-electron chi connectivity index (χ3n) is 4.39. The van der Waals surface area contributed by atoms with Crippen LogP contribution < -0.4 is 5.32 Å². The highest BCUT2D eigenvalue weighted by Crippen LogP contribution is 2.34. The van der Waals surface area contributed by atoms with Crippen molar-refractivity contribution in [2.75, 3.05) is 5.32 Å². The van der Waals surface area contributed by atoms with Crippen LogP contribution >= 0.6 is 0 Å². The Balaban J connectivity index is 2.29. The number of anilines is 1. The van der Waals surface area contributed by atoms with E-state index in [1.807, 2.05) is 39.1 Å². The zero-order valence-corrected chi connectivity index (χ0v) is 15.9. The molecule has 4 heteroatoms. The zero-order valence-electron chi connectivity index (χ0n) is 15.9. The van der Waals surface area contributed by atoms with Gasteiger partial charge in [-0.3, -0.25) is 9.48 Å². The van der Waals surface area contributed by atoms with Crippen LogP contribution in [0.15, 0.2) is 24.3 Å². The smallest absolute Gasteiger partial charge is 0.259 e. The number of para-hydroxylation sites is 1. The Morgan fingerprint density at radius 1 is 1.25 bits per heavy atom. The van der Waals surface area contributed by atoms with Crippen molar-refractivity contribution in [1.29, 1.82) is 0 Å². The van der Waals surface area contributed by atoms with Crippen LogP contribution in [-0.4, -0.2) is 15.7 Å². The molecular weight excluding hydrogens is 298 g/mol. The highest BCUT2D eigenvalue weighted by Gasteiger charge is 2.21. The molecule has 130 valence electrons. The van der Waals surface area contributed by atoms with Gasteiger partial charge in [-0.1, -0.05) is 45.9 Å². The molecule has 0 bridgehead atoms. The van der Waals surface area contributed by atoms with E-state index in [0.717, 1.165) is 23.5 Å². The summed E-state index contributed by atoms with van der Waals surface area (Å²) in [6.45, 7) is 12.7. The second kappa shape index (κ2) is 6.80. The molecule has 1 unspecified atom stereocenters. The van der Waals surface area contributed by atoms with Crippen LogP contribution in [0, 0.1) is 19.3 Å². The number of hydrogen-bond donors (Lipinski definition) is 1. The average Bonchev–Trinajstić information content (AvgIpc) is 2.70. The highest BCUT2D eigenvalue weighted by molar-refractivity contribution is 6.06. The van der Waals surface area contributed by atoms with Crippen LogP contribution in [0.3, 0.4) is 0 Å². The van der Waals surface area contributed by atoms with Gasteiger partial charge in [-0.05, 0) is 43.2 Å². The van der Waals surface area contributed by atoms with E-state index in [1.54, 1.807) is 4.68 Å². The Labute approximate surface area is 145 Å². The summed E-state index contributed by atoms with van der Waals surface area (Å²) in [6.07, 6.45) is 1.06. The maximum Gasteiger partial charge on any atom is 0.259 e. The van der Waals surface area contributed by atoms with E-state index in [0.29, 0.717) is 11.5 Å². The molecule has 0 saturated heterocycles. The molecule has 0 radical (unpaired) electrons. The minimum atomic E-state index is -0.0893. The van der Waals surface area contributed by atoms with Crippen molar-refractivity contribution in [3.05, 3.63) is 46.8 Å². The molecule has 0 aliphatic heterocycles. The Bertz CT molecular complexity index is 738. The molecule has 2 rings (SSSR count). The fraction of sp³-hybridized carbons (Fsp3) is 0.500. The normalized spacial score (nSPS) is 13.0. The fourth-order valence-corrected chi connectivity index (χ4v) is 3.36. The largest absolute Gasteiger partial charge is 0.322 e. The van der Waals surface area contributed by atoms with E-state index >= 15 is 0 Å². The topological polar surface area (TPSA) is 46.9 Å². The monoisotopic (exact) mass is 327 g/mol. The number of carbonyl (C=O) groups is 1. The second-order valence-electron chi connectivity index (χ2n) is 7.88. The standard InChI is InChI=1S/C20H29N3O/c1-13(12-20(4,5)6)16-10-8-9-11-17(16)21-19(24)18-14(2)22-23(7)15(18)3/h8-11,13H,12H2,1-7H3,(H,21,24). The maximum absolute atomic E-state index is 12.8. The molecule has 0 fully saturated rings. The third kappa shape index (κ3) is 4.05. The van der Waals surface area contributed by atoms with Gasteiger partial charge in [-0.15, -0.1) is 0 Å². The SMILES string of the molecule is Cc1nn(C)c(C)c1C(=O)Nc1ccccc1C(C)CC(C)(C)C. The number of aromatic nitrogens is 2. The van der Waals surface area contributed by atoms with E-state index < -0.39 is 0 Å². The molecule has 24 heavy (non-hydrogen) atoms. The van der Waals surface area contributed by atoms with E-state index in [4.69, 9.17) is 0 Å². The van der Waals surface area contributed by atoms with Gasteiger partial charge in [0.2, 0.25) is 0 Å². The highest BCUT2D eigenvalue weighted by atomic mass is 16.1. The lowest BCUT2D eigenvalue weighted by molar-refractivity contribution is 0.102. The second-order valence-corrected chi connectivity index (χ2v) is 7.88. The summed E-state index contributed by atoms with van der Waals surface area (Å²) in [4.78, 5) is 12.8. The summed E-state index contributed by atoms with van der Waals surface area (Å²) in [5, 5.41) is 7.43. The molecule has 1 aromatic heterocycles. The van der Waals surface area contributed by atoms with Crippen molar-refractivity contribution >= 4 is 11.6 Å². The number of nitrogens with zero attached hydrogens (tertiary/aromatic N) is 2. The summed E-state index contributed by atoms with van der Waals surface area (Å²) in [6, 6.07) is 8.08. The summed E-state index contributed by atoms with van der Waals surface area (Å²) in [5.74, 6) is 0.283. The van der Waals surface area contributed by atoms with Crippen molar-refractivity contribution in [2.45, 2.75) is 53.9 Å². The molecule has 1 atom stereocenters. The van der Waals surface area contributed by atoms with Crippen molar-refractivity contribution in [2.24, 2.45) is 12.5 Å². The van der Waals surface area contributed by atoms with Gasteiger partial charge in [-0.2, -0.15) is 5.10 Å². The van der Waals surface area contributed by atoms with Crippen molar-refractivity contribution in [3.63, 3.8) is 0 Å². The average molecular weight is 327 g/mol. The van der Waals surface area contributed by atoms with E-state index in [-0.39, 0.29) is 11.3 Å². The first-order valence-corrected chi connectivity index (χ1v) is 8.50. The summed E-state index contributed by atoms with van der Waals surface area (Å²) < 4.78 is 1.75. The van der Waals surface area contributed by atoms with Gasteiger partial charge < -0.3 is 5.32 Å². The number of benzene rings is 1. The molecule has 1 aromatic carbocycles. The maximum atomic E-state index is 12.8. The Morgan fingerprint density at radius 3 is 2.42 bits per heavy atom. The van der Waals surface area contributed by atoms with E-state index in [1.165, 1.54) is 5.56 Å². The van der Waals surface area contributed by atoms with Gasteiger partial charge in [0.15, 0.2) is 0 Å². The minimum absolute atomic E-state index is 0.0893. The number of carbonyl (C=O) groups excluding carboxylic acids is 1. The Morgan fingerprint density at radius 2 is 1.88 bits per heavy atom. The van der Waals surface area contributed by atoms with Gasteiger partial charge in [0.1, 0.15) is 0 Å². The van der Waals surface area contributed by atoms with Gasteiger partial charge in [0.05, 0.1) is 11.3 Å². The Hall–Kier alpha value is -2.10. The van der Waals surface area contributed by atoms with Crippen LogP contribution in [0.4, 0.5) is 5.69 Å². The fourth-order valence-electron chi connectivity index (χ4n) is 3.36. The number of amides is 1. The first kappa shape index (κ1) is 18.2. The molecule has 2 aromatic rings. The lowest BCUT2D eigenvalue weighted by Gasteiger charge is -2.25. The first-order chi connectivity index (χ1) is 11.1. The van der Waals surface area contributed by atoms with E-state index in [9.17, 15) is 4.79 Å². The summed E-state index contributed by atoms with van der Waals surface area (Å²) in [7, 11) is 1.86. The molecule has 4 nitrogen and oxygen atoms in total. The lowest BCUT2D eigenvalue weighted by atomic mass is 9.82.